The highest BCUT2D eigenvalue weighted by atomic mass is 32.1. The SMILES string of the molecule is COC(=S)CNC(=O)CNC(=S)CN. The van der Waals surface area contributed by atoms with E-state index in [9.17, 15) is 4.79 Å². The maximum atomic E-state index is 11.1. The molecule has 0 spiro atoms. The van der Waals surface area contributed by atoms with E-state index in [0.29, 0.717) is 10.0 Å². The number of hydrogen-bond donors (Lipinski definition) is 3. The minimum Gasteiger partial charge on any atom is -0.488 e. The number of rotatable bonds is 5. The molecule has 0 aromatic rings. The summed E-state index contributed by atoms with van der Waals surface area (Å²) in [6.07, 6.45) is 0. The molecule has 0 aliphatic carbocycles. The average Bonchev–Trinajstić information content (AvgIpc) is 2.22. The van der Waals surface area contributed by atoms with Crippen molar-refractivity contribution in [2.75, 3.05) is 26.7 Å². The fourth-order valence-corrected chi connectivity index (χ4v) is 0.701. The number of ether oxygens (including phenoxy) is 1. The molecule has 80 valence electrons. The van der Waals surface area contributed by atoms with Gasteiger partial charge in [0.15, 0.2) is 5.05 Å². The molecule has 0 radical (unpaired) electrons. The van der Waals surface area contributed by atoms with Crippen LogP contribution in [0.25, 0.3) is 0 Å². The summed E-state index contributed by atoms with van der Waals surface area (Å²) < 4.78 is 4.70. The molecule has 0 aliphatic rings. The zero-order valence-electron chi connectivity index (χ0n) is 7.83. The van der Waals surface area contributed by atoms with Crippen LogP contribution in [-0.2, 0) is 9.53 Å². The zero-order chi connectivity index (χ0) is 11.0. The number of carbonyl (C=O) groups is 1. The lowest BCUT2D eigenvalue weighted by atomic mass is 10.5. The highest BCUT2D eigenvalue weighted by Gasteiger charge is 2.02. The molecule has 0 rings (SSSR count). The van der Waals surface area contributed by atoms with Crippen molar-refractivity contribution >= 4 is 40.4 Å². The van der Waals surface area contributed by atoms with E-state index in [1.54, 1.807) is 0 Å². The van der Waals surface area contributed by atoms with Gasteiger partial charge < -0.3 is 21.1 Å². The standard InChI is InChI=1S/C7H13N3O2S2/c1-12-7(14)4-9-5(11)3-10-6(13)2-8/h2-4,8H2,1H3,(H,9,11)(H,10,13). The second kappa shape index (κ2) is 7.60. The Morgan fingerprint density at radius 1 is 1.36 bits per heavy atom. The topological polar surface area (TPSA) is 76.4 Å². The smallest absolute Gasteiger partial charge is 0.239 e. The Balaban J connectivity index is 3.56. The van der Waals surface area contributed by atoms with Crippen LogP contribution in [0.2, 0.25) is 0 Å². The Morgan fingerprint density at radius 3 is 2.50 bits per heavy atom. The molecule has 0 saturated heterocycles. The highest BCUT2D eigenvalue weighted by molar-refractivity contribution is 7.80. The average molecular weight is 235 g/mol. The van der Waals surface area contributed by atoms with E-state index in [-0.39, 0.29) is 25.5 Å². The summed E-state index contributed by atoms with van der Waals surface area (Å²) >= 11 is 9.49. The summed E-state index contributed by atoms with van der Waals surface area (Å²) in [6, 6.07) is 0. The first-order valence-electron chi connectivity index (χ1n) is 3.90. The van der Waals surface area contributed by atoms with E-state index in [2.05, 4.69) is 10.6 Å². The van der Waals surface area contributed by atoms with Gasteiger partial charge in [0.1, 0.15) is 0 Å². The Morgan fingerprint density at radius 2 is 2.00 bits per heavy atom. The van der Waals surface area contributed by atoms with Crippen LogP contribution in [0.1, 0.15) is 0 Å². The molecule has 0 aliphatic heterocycles. The van der Waals surface area contributed by atoms with Crippen molar-refractivity contribution in [3.63, 3.8) is 0 Å². The third-order valence-electron chi connectivity index (χ3n) is 1.29. The summed E-state index contributed by atoms with van der Waals surface area (Å²) in [6.45, 7) is 0.559. The van der Waals surface area contributed by atoms with Crippen molar-refractivity contribution in [2.24, 2.45) is 5.73 Å². The van der Waals surface area contributed by atoms with E-state index in [4.69, 9.17) is 34.9 Å². The van der Waals surface area contributed by atoms with Crippen LogP contribution in [0.5, 0.6) is 0 Å². The lowest BCUT2D eigenvalue weighted by molar-refractivity contribution is -0.119. The maximum Gasteiger partial charge on any atom is 0.239 e. The molecule has 1 amide bonds. The first-order chi connectivity index (χ1) is 6.60. The van der Waals surface area contributed by atoms with E-state index >= 15 is 0 Å². The van der Waals surface area contributed by atoms with Gasteiger partial charge in [0.05, 0.1) is 25.2 Å². The van der Waals surface area contributed by atoms with Crippen LogP contribution in [0.15, 0.2) is 0 Å². The molecule has 0 saturated carbocycles. The zero-order valence-corrected chi connectivity index (χ0v) is 9.46. The van der Waals surface area contributed by atoms with E-state index < -0.39 is 0 Å². The lowest BCUT2D eigenvalue weighted by Gasteiger charge is -2.07. The van der Waals surface area contributed by atoms with Crippen molar-refractivity contribution in [3.8, 4) is 0 Å². The predicted molar refractivity (Wildman–Crippen MR) is 62.3 cm³/mol. The van der Waals surface area contributed by atoms with Gasteiger partial charge in [0.2, 0.25) is 5.91 Å². The summed E-state index contributed by atoms with van der Waals surface area (Å²) in [7, 11) is 1.45. The van der Waals surface area contributed by atoms with Gasteiger partial charge in [-0.3, -0.25) is 4.79 Å². The molecule has 7 heteroatoms. The molecule has 0 unspecified atom stereocenters. The molecular weight excluding hydrogens is 222 g/mol. The Bertz CT molecular complexity index is 211. The minimum absolute atomic E-state index is 0.0996. The van der Waals surface area contributed by atoms with E-state index in [0.717, 1.165) is 0 Å². The first kappa shape index (κ1) is 13.2. The summed E-state index contributed by atoms with van der Waals surface area (Å²) in [5.74, 6) is -0.208. The van der Waals surface area contributed by atoms with Gasteiger partial charge in [-0.25, -0.2) is 0 Å². The van der Waals surface area contributed by atoms with Gasteiger partial charge in [-0.05, 0) is 12.2 Å². The van der Waals surface area contributed by atoms with E-state index in [1.165, 1.54) is 7.11 Å². The third-order valence-corrected chi connectivity index (χ3v) is 1.91. The highest BCUT2D eigenvalue weighted by Crippen LogP contribution is 1.76. The molecule has 0 aromatic heterocycles. The molecule has 0 heterocycles. The number of amides is 1. The molecule has 0 aromatic carbocycles. The van der Waals surface area contributed by atoms with Gasteiger partial charge in [-0.1, -0.05) is 12.2 Å². The van der Waals surface area contributed by atoms with Gasteiger partial charge in [-0.2, -0.15) is 0 Å². The van der Waals surface area contributed by atoms with Crippen LogP contribution in [0, 0.1) is 0 Å². The van der Waals surface area contributed by atoms with Crippen LogP contribution in [-0.4, -0.2) is 42.7 Å². The van der Waals surface area contributed by atoms with Crippen molar-refractivity contribution in [2.45, 2.75) is 0 Å². The Hall–Kier alpha value is -0.790. The van der Waals surface area contributed by atoms with Gasteiger partial charge >= 0.3 is 0 Å². The molecule has 0 atom stereocenters. The second-order valence-corrected chi connectivity index (χ2v) is 3.28. The van der Waals surface area contributed by atoms with Gasteiger partial charge in [-0.15, -0.1) is 0 Å². The van der Waals surface area contributed by atoms with Crippen LogP contribution in [0.3, 0.4) is 0 Å². The summed E-state index contributed by atoms with van der Waals surface area (Å²) in [5, 5.41) is 5.56. The van der Waals surface area contributed by atoms with Gasteiger partial charge in [0.25, 0.3) is 0 Å². The quantitative estimate of drug-likeness (QED) is 0.528. The maximum absolute atomic E-state index is 11.1. The number of methoxy groups -OCH3 is 1. The first-order valence-corrected chi connectivity index (χ1v) is 4.72. The molecule has 4 N–H and O–H groups in total. The second-order valence-electron chi connectivity index (χ2n) is 2.33. The molecule has 5 nitrogen and oxygen atoms in total. The lowest BCUT2D eigenvalue weighted by Crippen LogP contribution is -2.40. The molecule has 0 fully saturated rings. The number of nitrogens with two attached hydrogens (primary N) is 1. The Kier molecular flexibility index (Phi) is 7.17. The fourth-order valence-electron chi connectivity index (χ4n) is 0.556. The molecule has 0 bridgehead atoms. The molecular formula is C7H13N3O2S2. The van der Waals surface area contributed by atoms with Crippen molar-refractivity contribution in [1.29, 1.82) is 0 Å². The van der Waals surface area contributed by atoms with Crippen LogP contribution >= 0.6 is 24.4 Å². The van der Waals surface area contributed by atoms with Crippen LogP contribution in [0.4, 0.5) is 0 Å². The summed E-state index contributed by atoms with van der Waals surface area (Å²) in [4.78, 5) is 11.5. The van der Waals surface area contributed by atoms with Crippen molar-refractivity contribution in [1.82, 2.24) is 10.6 Å². The Labute approximate surface area is 93.4 Å². The van der Waals surface area contributed by atoms with Crippen LogP contribution < -0.4 is 16.4 Å². The third kappa shape index (κ3) is 6.70. The van der Waals surface area contributed by atoms with Crippen molar-refractivity contribution in [3.05, 3.63) is 0 Å². The molecule has 14 heavy (non-hydrogen) atoms. The summed E-state index contributed by atoms with van der Waals surface area (Å²) in [5.41, 5.74) is 5.23. The fraction of sp³-hybridized carbons (Fsp3) is 0.571. The number of carbonyl (C=O) groups excluding carboxylic acids is 1. The van der Waals surface area contributed by atoms with E-state index in [1.807, 2.05) is 0 Å². The normalized spacial score (nSPS) is 9.00. The minimum atomic E-state index is -0.208. The number of hydrogen-bond acceptors (Lipinski definition) is 5. The number of thiocarbonyl (C=S) groups is 2. The number of nitrogens with one attached hydrogen (secondary N) is 2. The largest absolute Gasteiger partial charge is 0.488 e. The van der Waals surface area contributed by atoms with Gasteiger partial charge in [0, 0.05) is 6.54 Å². The monoisotopic (exact) mass is 235 g/mol. The predicted octanol–water partition coefficient (Wildman–Crippen LogP) is -1.05. The van der Waals surface area contributed by atoms with Crippen molar-refractivity contribution < 1.29 is 9.53 Å².